The molecule has 1 fully saturated rings. The predicted molar refractivity (Wildman–Crippen MR) is 108 cm³/mol. The van der Waals surface area contributed by atoms with E-state index in [1.165, 1.54) is 0 Å². The molecule has 2 heterocycles. The van der Waals surface area contributed by atoms with Crippen LogP contribution in [0.5, 0.6) is 5.75 Å². The molecule has 3 rings (SSSR count). The Balaban J connectivity index is 0.00000261. The Morgan fingerprint density at radius 1 is 1.26 bits per heavy atom. The van der Waals surface area contributed by atoms with E-state index in [9.17, 15) is 4.79 Å². The normalized spacial score (nSPS) is 17.0. The van der Waals surface area contributed by atoms with E-state index < -0.39 is 5.54 Å². The summed E-state index contributed by atoms with van der Waals surface area (Å²) in [6.45, 7) is 7.62. The van der Waals surface area contributed by atoms with E-state index >= 15 is 0 Å². The van der Waals surface area contributed by atoms with E-state index in [-0.39, 0.29) is 30.5 Å². The van der Waals surface area contributed by atoms with E-state index in [1.54, 1.807) is 6.20 Å². The van der Waals surface area contributed by atoms with Gasteiger partial charge in [0.15, 0.2) is 0 Å². The minimum atomic E-state index is -0.630. The van der Waals surface area contributed by atoms with Gasteiger partial charge >= 0.3 is 0 Å². The van der Waals surface area contributed by atoms with Crippen LogP contribution < -0.4 is 15.4 Å². The SMILES string of the molecule is CC(C)Oc1cccc(C(C)NC(=O)C2(n3cccn3)CCNCC2)c1.Cl. The molecule has 27 heavy (non-hydrogen) atoms. The third-order valence-corrected chi connectivity index (χ3v) is 4.87. The van der Waals surface area contributed by atoms with Crippen molar-refractivity contribution in [3.8, 4) is 5.75 Å². The van der Waals surface area contributed by atoms with Crippen LogP contribution in [0.1, 0.15) is 45.2 Å². The van der Waals surface area contributed by atoms with E-state index in [1.807, 2.05) is 62.0 Å². The first kappa shape index (κ1) is 21.3. The number of carbonyl (C=O) groups excluding carboxylic acids is 1. The summed E-state index contributed by atoms with van der Waals surface area (Å²) in [6.07, 6.45) is 5.18. The molecule has 2 N–H and O–H groups in total. The van der Waals surface area contributed by atoms with Gasteiger partial charge in [-0.2, -0.15) is 5.10 Å². The third kappa shape index (κ3) is 4.82. The van der Waals surface area contributed by atoms with E-state index in [4.69, 9.17) is 4.74 Å². The number of halogens is 1. The number of hydrogen-bond acceptors (Lipinski definition) is 4. The van der Waals surface area contributed by atoms with Crippen molar-refractivity contribution in [1.82, 2.24) is 20.4 Å². The molecular weight excluding hydrogens is 364 g/mol. The maximum Gasteiger partial charge on any atom is 0.248 e. The van der Waals surface area contributed by atoms with Crippen LogP contribution in [0.2, 0.25) is 0 Å². The van der Waals surface area contributed by atoms with Crippen molar-refractivity contribution in [3.63, 3.8) is 0 Å². The fourth-order valence-electron chi connectivity index (χ4n) is 3.47. The van der Waals surface area contributed by atoms with Crippen LogP contribution in [0.3, 0.4) is 0 Å². The van der Waals surface area contributed by atoms with Crippen LogP contribution in [0, 0.1) is 0 Å². The highest BCUT2D eigenvalue weighted by molar-refractivity contribution is 5.85. The molecule has 6 nitrogen and oxygen atoms in total. The zero-order valence-electron chi connectivity index (χ0n) is 16.1. The molecule has 1 aromatic heterocycles. The lowest BCUT2D eigenvalue weighted by Crippen LogP contribution is -2.55. The van der Waals surface area contributed by atoms with Crippen LogP contribution in [0.4, 0.5) is 0 Å². The maximum absolute atomic E-state index is 13.2. The van der Waals surface area contributed by atoms with Gasteiger partial charge in [0.1, 0.15) is 11.3 Å². The van der Waals surface area contributed by atoms with Crippen molar-refractivity contribution in [1.29, 1.82) is 0 Å². The summed E-state index contributed by atoms with van der Waals surface area (Å²) in [6, 6.07) is 9.67. The second-order valence-corrected chi connectivity index (χ2v) is 7.17. The first-order valence-corrected chi connectivity index (χ1v) is 9.30. The van der Waals surface area contributed by atoms with Gasteiger partial charge in [-0.15, -0.1) is 12.4 Å². The Morgan fingerprint density at radius 3 is 2.63 bits per heavy atom. The molecule has 1 aliphatic heterocycles. The molecule has 1 aliphatic rings. The van der Waals surface area contributed by atoms with Gasteiger partial charge in [-0.3, -0.25) is 9.48 Å². The second kappa shape index (κ2) is 9.24. The van der Waals surface area contributed by atoms with Gasteiger partial charge in [-0.25, -0.2) is 0 Å². The van der Waals surface area contributed by atoms with Gasteiger partial charge in [0.05, 0.1) is 12.1 Å². The Labute approximate surface area is 167 Å². The quantitative estimate of drug-likeness (QED) is 0.792. The zero-order valence-corrected chi connectivity index (χ0v) is 17.0. The highest BCUT2D eigenvalue weighted by Crippen LogP contribution is 2.29. The number of amides is 1. The zero-order chi connectivity index (χ0) is 18.6. The molecule has 2 aromatic rings. The second-order valence-electron chi connectivity index (χ2n) is 7.17. The fraction of sp³-hybridized carbons (Fsp3) is 0.500. The lowest BCUT2D eigenvalue weighted by molar-refractivity contribution is -0.132. The Bertz CT molecular complexity index is 727. The van der Waals surface area contributed by atoms with Crippen LogP contribution in [-0.4, -0.2) is 34.9 Å². The molecule has 0 saturated carbocycles. The van der Waals surface area contributed by atoms with Crippen molar-refractivity contribution in [2.45, 2.75) is 51.3 Å². The predicted octanol–water partition coefficient (Wildman–Crippen LogP) is 3.05. The van der Waals surface area contributed by atoms with Gasteiger partial charge in [-0.05, 0) is 70.5 Å². The van der Waals surface area contributed by atoms with Crippen LogP contribution >= 0.6 is 12.4 Å². The minimum Gasteiger partial charge on any atom is -0.491 e. The highest BCUT2D eigenvalue weighted by atomic mass is 35.5. The fourth-order valence-corrected chi connectivity index (χ4v) is 3.47. The summed E-state index contributed by atoms with van der Waals surface area (Å²) in [4.78, 5) is 13.2. The smallest absolute Gasteiger partial charge is 0.248 e. The van der Waals surface area contributed by atoms with Crippen molar-refractivity contribution < 1.29 is 9.53 Å². The number of hydrogen-bond donors (Lipinski definition) is 2. The van der Waals surface area contributed by atoms with Crippen LogP contribution in [-0.2, 0) is 10.3 Å². The minimum absolute atomic E-state index is 0. The van der Waals surface area contributed by atoms with Crippen molar-refractivity contribution in [2.24, 2.45) is 0 Å². The number of nitrogens with zero attached hydrogens (tertiary/aromatic N) is 2. The summed E-state index contributed by atoms with van der Waals surface area (Å²) < 4.78 is 7.58. The number of benzene rings is 1. The van der Waals surface area contributed by atoms with Crippen molar-refractivity contribution >= 4 is 18.3 Å². The summed E-state index contributed by atoms with van der Waals surface area (Å²) >= 11 is 0. The molecule has 1 atom stereocenters. The maximum atomic E-state index is 13.2. The summed E-state index contributed by atoms with van der Waals surface area (Å²) in [7, 11) is 0. The van der Waals surface area contributed by atoms with Gasteiger partial charge in [0.25, 0.3) is 0 Å². The largest absolute Gasteiger partial charge is 0.491 e. The molecule has 0 spiro atoms. The molecule has 0 radical (unpaired) electrons. The first-order chi connectivity index (χ1) is 12.5. The van der Waals surface area contributed by atoms with Crippen LogP contribution in [0.25, 0.3) is 0 Å². The van der Waals surface area contributed by atoms with Gasteiger partial charge < -0.3 is 15.4 Å². The Hall–Kier alpha value is -2.05. The van der Waals surface area contributed by atoms with Crippen LogP contribution in [0.15, 0.2) is 42.7 Å². The average molecular weight is 393 g/mol. The van der Waals surface area contributed by atoms with E-state index in [2.05, 4.69) is 15.7 Å². The number of rotatable bonds is 6. The molecule has 1 aromatic carbocycles. The average Bonchev–Trinajstić information content (AvgIpc) is 3.17. The lowest BCUT2D eigenvalue weighted by atomic mass is 9.87. The molecule has 0 aliphatic carbocycles. The number of ether oxygens (including phenoxy) is 1. The standard InChI is InChI=1S/C20H28N4O2.ClH/c1-15(2)26-18-7-4-6-17(14-18)16(3)23-19(25)20(8-11-21-12-9-20)24-13-5-10-22-24;/h4-7,10,13-16,21H,8-9,11-12H2,1-3H3,(H,23,25);1H. The molecule has 1 saturated heterocycles. The number of carbonyl (C=O) groups is 1. The summed E-state index contributed by atoms with van der Waals surface area (Å²) in [5, 5.41) is 10.9. The first-order valence-electron chi connectivity index (χ1n) is 9.30. The van der Waals surface area contributed by atoms with E-state index in [0.717, 1.165) is 37.2 Å². The molecule has 0 bridgehead atoms. The molecule has 148 valence electrons. The molecule has 1 unspecified atom stereocenters. The number of piperidine rings is 1. The number of nitrogens with one attached hydrogen (secondary N) is 2. The van der Waals surface area contributed by atoms with Crippen molar-refractivity contribution in [2.75, 3.05) is 13.1 Å². The Kier molecular flexibility index (Phi) is 7.27. The highest BCUT2D eigenvalue weighted by Gasteiger charge is 2.42. The third-order valence-electron chi connectivity index (χ3n) is 4.87. The van der Waals surface area contributed by atoms with Gasteiger partial charge in [0, 0.05) is 12.4 Å². The molecule has 7 heteroatoms. The van der Waals surface area contributed by atoms with E-state index in [0.29, 0.717) is 0 Å². The van der Waals surface area contributed by atoms with Gasteiger partial charge in [0.2, 0.25) is 5.91 Å². The van der Waals surface area contributed by atoms with Crippen molar-refractivity contribution in [3.05, 3.63) is 48.3 Å². The summed E-state index contributed by atoms with van der Waals surface area (Å²) in [5.74, 6) is 0.840. The molecule has 1 amide bonds. The van der Waals surface area contributed by atoms with Gasteiger partial charge in [-0.1, -0.05) is 12.1 Å². The Morgan fingerprint density at radius 2 is 2.00 bits per heavy atom. The monoisotopic (exact) mass is 392 g/mol. The molecular formula is C20H29ClN4O2. The summed E-state index contributed by atoms with van der Waals surface area (Å²) in [5.41, 5.74) is 0.399. The topological polar surface area (TPSA) is 68.2 Å². The number of aromatic nitrogens is 2. The lowest BCUT2D eigenvalue weighted by Gasteiger charge is -2.37.